The average Bonchev–Trinajstić information content (AvgIpc) is 3.35. The second-order valence-electron chi connectivity index (χ2n) is 7.64. The van der Waals surface area contributed by atoms with Gasteiger partial charge >= 0.3 is 0 Å². The summed E-state index contributed by atoms with van der Waals surface area (Å²) < 4.78 is 37.3. The minimum Gasteiger partial charge on any atom is -0.459 e. The minimum atomic E-state index is -3.84. The van der Waals surface area contributed by atoms with E-state index in [0.717, 1.165) is 6.07 Å². The lowest BCUT2D eigenvalue weighted by molar-refractivity contribution is -0.384. The molecule has 1 aromatic carbocycles. The van der Waals surface area contributed by atoms with E-state index in [2.05, 4.69) is 5.32 Å². The number of benzene rings is 1. The van der Waals surface area contributed by atoms with E-state index in [0.29, 0.717) is 39.1 Å². The van der Waals surface area contributed by atoms with Crippen LogP contribution < -0.4 is 5.32 Å². The van der Waals surface area contributed by atoms with Gasteiger partial charge in [-0.05, 0) is 37.1 Å². The van der Waals surface area contributed by atoms with Crippen molar-refractivity contribution >= 4 is 27.3 Å². The number of nitrogens with one attached hydrogen (secondary N) is 1. The molecule has 2 aromatic rings. The SMILES string of the molecule is O=C(c1ccco1)N1CCC(Nc2ccc(S(=O)(=O)N3CCOCC3)cc2[N+](=O)[O-])CC1. The van der Waals surface area contributed by atoms with Gasteiger partial charge in [-0.1, -0.05) is 0 Å². The lowest BCUT2D eigenvalue weighted by Gasteiger charge is -2.32. The number of carbonyl (C=O) groups excluding carboxylic acids is 1. The molecule has 172 valence electrons. The fraction of sp³-hybridized carbons (Fsp3) is 0.450. The normalized spacial score (nSPS) is 18.4. The monoisotopic (exact) mass is 464 g/mol. The second kappa shape index (κ2) is 9.27. The van der Waals surface area contributed by atoms with Gasteiger partial charge in [-0.25, -0.2) is 8.42 Å². The number of piperidine rings is 1. The number of hydrogen-bond donors (Lipinski definition) is 1. The number of nitro benzene ring substituents is 1. The first-order chi connectivity index (χ1) is 15.4. The molecule has 2 aliphatic rings. The zero-order chi connectivity index (χ0) is 22.7. The highest BCUT2D eigenvalue weighted by atomic mass is 32.2. The topological polar surface area (TPSA) is 135 Å². The number of hydrogen-bond acceptors (Lipinski definition) is 8. The molecular weight excluding hydrogens is 440 g/mol. The summed E-state index contributed by atoms with van der Waals surface area (Å²) in [5, 5.41) is 14.8. The smallest absolute Gasteiger partial charge is 0.293 e. The predicted octanol–water partition coefficient (Wildman–Crippen LogP) is 1.93. The Morgan fingerprint density at radius 3 is 2.47 bits per heavy atom. The minimum absolute atomic E-state index is 0.0870. The largest absolute Gasteiger partial charge is 0.459 e. The highest BCUT2D eigenvalue weighted by Crippen LogP contribution is 2.31. The summed E-state index contributed by atoms with van der Waals surface area (Å²) in [5.41, 5.74) is -0.0415. The van der Waals surface area contributed by atoms with Crippen LogP contribution in [0, 0.1) is 10.1 Å². The number of anilines is 1. The van der Waals surface area contributed by atoms with Crippen molar-refractivity contribution in [3.8, 4) is 0 Å². The zero-order valence-electron chi connectivity index (χ0n) is 17.3. The summed E-state index contributed by atoms with van der Waals surface area (Å²) in [6.45, 7) is 1.98. The number of rotatable bonds is 6. The van der Waals surface area contributed by atoms with Gasteiger partial charge in [-0.3, -0.25) is 14.9 Å². The van der Waals surface area contributed by atoms with E-state index in [-0.39, 0.29) is 47.1 Å². The Balaban J connectivity index is 1.45. The van der Waals surface area contributed by atoms with Gasteiger partial charge in [-0.2, -0.15) is 4.31 Å². The van der Waals surface area contributed by atoms with Crippen molar-refractivity contribution in [1.29, 1.82) is 0 Å². The quantitative estimate of drug-likeness (QED) is 0.506. The molecule has 0 saturated carbocycles. The number of nitro groups is 1. The van der Waals surface area contributed by atoms with Crippen LogP contribution in [0.1, 0.15) is 23.4 Å². The van der Waals surface area contributed by atoms with Gasteiger partial charge in [0.2, 0.25) is 10.0 Å². The third-order valence-electron chi connectivity index (χ3n) is 5.65. The Morgan fingerprint density at radius 1 is 1.12 bits per heavy atom. The van der Waals surface area contributed by atoms with Crippen molar-refractivity contribution in [3.63, 3.8) is 0 Å². The van der Waals surface area contributed by atoms with E-state index < -0.39 is 14.9 Å². The molecule has 1 amide bonds. The number of furan rings is 1. The summed E-state index contributed by atoms with van der Waals surface area (Å²) in [4.78, 5) is 25.0. The maximum Gasteiger partial charge on any atom is 0.293 e. The van der Waals surface area contributed by atoms with E-state index in [1.165, 1.54) is 22.7 Å². The molecule has 0 bridgehead atoms. The Morgan fingerprint density at radius 2 is 1.84 bits per heavy atom. The van der Waals surface area contributed by atoms with Crippen LogP contribution in [0.15, 0.2) is 45.9 Å². The number of ether oxygens (including phenoxy) is 1. The molecule has 2 saturated heterocycles. The van der Waals surface area contributed by atoms with Crippen LogP contribution in [0.4, 0.5) is 11.4 Å². The molecule has 0 radical (unpaired) electrons. The summed E-state index contributed by atoms with van der Waals surface area (Å²) in [6, 6.07) is 7.10. The van der Waals surface area contributed by atoms with Crippen molar-refractivity contribution in [3.05, 3.63) is 52.5 Å². The van der Waals surface area contributed by atoms with Gasteiger partial charge in [0.25, 0.3) is 11.6 Å². The van der Waals surface area contributed by atoms with Crippen molar-refractivity contribution in [2.24, 2.45) is 0 Å². The molecule has 11 nitrogen and oxygen atoms in total. The van der Waals surface area contributed by atoms with Gasteiger partial charge in [-0.15, -0.1) is 0 Å². The zero-order valence-corrected chi connectivity index (χ0v) is 18.1. The molecule has 0 aliphatic carbocycles. The highest BCUT2D eigenvalue weighted by molar-refractivity contribution is 7.89. The molecule has 0 spiro atoms. The molecule has 0 unspecified atom stereocenters. The average molecular weight is 465 g/mol. The van der Waals surface area contributed by atoms with E-state index in [1.54, 1.807) is 17.0 Å². The summed E-state index contributed by atoms with van der Waals surface area (Å²) in [5.74, 6) is 0.0983. The molecule has 12 heteroatoms. The van der Waals surface area contributed by atoms with Gasteiger partial charge in [0, 0.05) is 38.3 Å². The van der Waals surface area contributed by atoms with Crippen molar-refractivity contribution < 1.29 is 27.3 Å². The lowest BCUT2D eigenvalue weighted by atomic mass is 10.0. The van der Waals surface area contributed by atoms with Crippen molar-refractivity contribution in [2.75, 3.05) is 44.7 Å². The van der Waals surface area contributed by atoms with Crippen LogP contribution in [0.3, 0.4) is 0 Å². The molecule has 0 atom stereocenters. The maximum absolute atomic E-state index is 12.8. The molecule has 2 fully saturated rings. The maximum atomic E-state index is 12.8. The molecule has 32 heavy (non-hydrogen) atoms. The number of nitrogens with zero attached hydrogens (tertiary/aromatic N) is 3. The van der Waals surface area contributed by atoms with Gasteiger partial charge in [0.15, 0.2) is 5.76 Å². The van der Waals surface area contributed by atoms with Crippen LogP contribution in [0.25, 0.3) is 0 Å². The van der Waals surface area contributed by atoms with E-state index in [4.69, 9.17) is 9.15 Å². The molecular formula is C20H24N4O7S. The number of likely N-dealkylation sites (tertiary alicyclic amines) is 1. The van der Waals surface area contributed by atoms with Crippen LogP contribution in [0.5, 0.6) is 0 Å². The first-order valence-corrected chi connectivity index (χ1v) is 11.8. The molecule has 4 rings (SSSR count). The van der Waals surface area contributed by atoms with E-state index >= 15 is 0 Å². The Kier molecular flexibility index (Phi) is 6.44. The second-order valence-corrected chi connectivity index (χ2v) is 9.58. The summed E-state index contributed by atoms with van der Waals surface area (Å²) in [7, 11) is -3.84. The van der Waals surface area contributed by atoms with Crippen LogP contribution in [-0.4, -0.2) is 73.9 Å². The van der Waals surface area contributed by atoms with E-state index in [9.17, 15) is 23.3 Å². The molecule has 3 heterocycles. The molecule has 1 aromatic heterocycles. The van der Waals surface area contributed by atoms with E-state index in [1.807, 2.05) is 0 Å². The van der Waals surface area contributed by atoms with Gasteiger partial charge in [0.1, 0.15) is 5.69 Å². The summed E-state index contributed by atoms with van der Waals surface area (Å²) in [6.07, 6.45) is 2.64. The number of carbonyl (C=O) groups is 1. The number of morpholine rings is 1. The lowest BCUT2D eigenvalue weighted by Crippen LogP contribution is -2.42. The Bertz CT molecular complexity index is 1070. The third kappa shape index (κ3) is 4.61. The fourth-order valence-electron chi connectivity index (χ4n) is 3.88. The molecule has 1 N–H and O–H groups in total. The Labute approximate surface area is 185 Å². The van der Waals surface area contributed by atoms with Gasteiger partial charge < -0.3 is 19.4 Å². The highest BCUT2D eigenvalue weighted by Gasteiger charge is 2.30. The van der Waals surface area contributed by atoms with Gasteiger partial charge in [0.05, 0.1) is 29.3 Å². The molecule has 2 aliphatic heterocycles. The standard InChI is InChI=1S/C20H24N4O7S/c25-20(19-2-1-11-31-19)22-7-5-15(6-8-22)21-17-4-3-16(14-18(17)24(26)27)32(28,29)23-9-12-30-13-10-23/h1-4,11,14-15,21H,5-10,12-13H2. The number of amides is 1. The fourth-order valence-corrected chi connectivity index (χ4v) is 5.31. The van der Waals surface area contributed by atoms with Crippen LogP contribution in [0.2, 0.25) is 0 Å². The first-order valence-electron chi connectivity index (χ1n) is 10.3. The predicted molar refractivity (Wildman–Crippen MR) is 114 cm³/mol. The summed E-state index contributed by atoms with van der Waals surface area (Å²) >= 11 is 0. The number of sulfonamides is 1. The van der Waals surface area contributed by atoms with Crippen molar-refractivity contribution in [1.82, 2.24) is 9.21 Å². The van der Waals surface area contributed by atoms with Crippen molar-refractivity contribution in [2.45, 2.75) is 23.8 Å². The first kappa shape index (κ1) is 22.2. The van der Waals surface area contributed by atoms with Crippen LogP contribution in [-0.2, 0) is 14.8 Å². The third-order valence-corrected chi connectivity index (χ3v) is 7.54. The van der Waals surface area contributed by atoms with Crippen LogP contribution >= 0.6 is 0 Å². The Hall–Kier alpha value is -2.96.